The van der Waals surface area contributed by atoms with Crippen LogP contribution in [0.1, 0.15) is 25.0 Å². The van der Waals surface area contributed by atoms with Crippen LogP contribution in [0.4, 0.5) is 11.4 Å². The third-order valence-electron chi connectivity index (χ3n) is 4.91. The molecule has 2 aromatic carbocycles. The van der Waals surface area contributed by atoms with Crippen molar-refractivity contribution >= 4 is 21.4 Å². The smallest absolute Gasteiger partial charge is 0.269 e. The number of nitrogens with zero attached hydrogens (tertiary/aromatic N) is 3. The van der Waals surface area contributed by atoms with E-state index in [1.54, 1.807) is 24.3 Å². The van der Waals surface area contributed by atoms with Crippen molar-refractivity contribution in [3.8, 4) is 0 Å². The van der Waals surface area contributed by atoms with Gasteiger partial charge in [-0.2, -0.15) is 4.31 Å². The summed E-state index contributed by atoms with van der Waals surface area (Å²) < 4.78 is 26.9. The second-order valence-electron chi connectivity index (χ2n) is 6.47. The number of rotatable bonds is 7. The van der Waals surface area contributed by atoms with Gasteiger partial charge < -0.3 is 4.90 Å². The van der Waals surface area contributed by atoms with Gasteiger partial charge in [-0.1, -0.05) is 26.0 Å². The number of benzene rings is 2. The number of anilines is 1. The Balaban J connectivity index is 1.81. The molecule has 0 unspecified atom stereocenters. The van der Waals surface area contributed by atoms with E-state index >= 15 is 0 Å². The largest absolute Gasteiger partial charge is 0.367 e. The summed E-state index contributed by atoms with van der Waals surface area (Å²) in [5, 5.41) is 10.8. The normalized spacial score (nSPS) is 13.8. The summed E-state index contributed by atoms with van der Waals surface area (Å²) in [7, 11) is -3.46. The number of sulfonamides is 1. The van der Waals surface area contributed by atoms with Crippen molar-refractivity contribution in [3.05, 3.63) is 63.7 Å². The summed E-state index contributed by atoms with van der Waals surface area (Å²) in [5.41, 5.74) is 3.09. The lowest BCUT2D eigenvalue weighted by Crippen LogP contribution is -2.30. The van der Waals surface area contributed by atoms with E-state index in [0.717, 1.165) is 29.8 Å². The first-order chi connectivity index (χ1) is 12.9. The SMILES string of the molecule is CCN(CC)S(=O)(=O)c1ccc2c(c1)CCN2Cc1ccc([N+](=O)[O-])cc1. The Kier molecular flexibility index (Phi) is 5.48. The van der Waals surface area contributed by atoms with Gasteiger partial charge in [0.1, 0.15) is 0 Å². The molecule has 0 saturated heterocycles. The van der Waals surface area contributed by atoms with E-state index in [0.29, 0.717) is 24.5 Å². The zero-order valence-corrected chi connectivity index (χ0v) is 16.3. The molecule has 7 nitrogen and oxygen atoms in total. The fourth-order valence-electron chi connectivity index (χ4n) is 3.43. The van der Waals surface area contributed by atoms with Crippen LogP contribution < -0.4 is 4.90 Å². The van der Waals surface area contributed by atoms with Crippen molar-refractivity contribution in [3.63, 3.8) is 0 Å². The summed E-state index contributed by atoms with van der Waals surface area (Å²) in [5.74, 6) is 0. The van der Waals surface area contributed by atoms with E-state index < -0.39 is 14.9 Å². The molecular formula is C19H23N3O4S. The Hall–Kier alpha value is -2.45. The Bertz CT molecular complexity index is 938. The monoisotopic (exact) mass is 389 g/mol. The Morgan fingerprint density at radius 1 is 1.11 bits per heavy atom. The maximum atomic E-state index is 12.7. The summed E-state index contributed by atoms with van der Waals surface area (Å²) in [4.78, 5) is 12.9. The summed E-state index contributed by atoms with van der Waals surface area (Å²) in [6, 6.07) is 11.8. The standard InChI is InChI=1S/C19H23N3O4S/c1-3-21(4-2)27(25,26)18-9-10-19-16(13-18)11-12-20(19)14-15-5-7-17(8-6-15)22(23)24/h5-10,13H,3-4,11-12,14H2,1-2H3. The van der Waals surface area contributed by atoms with Gasteiger partial charge in [-0.3, -0.25) is 10.1 Å². The maximum Gasteiger partial charge on any atom is 0.269 e. The van der Waals surface area contributed by atoms with Crippen LogP contribution in [0.3, 0.4) is 0 Å². The van der Waals surface area contributed by atoms with Crippen LogP contribution >= 0.6 is 0 Å². The van der Waals surface area contributed by atoms with Gasteiger partial charge in [0.25, 0.3) is 5.69 Å². The van der Waals surface area contributed by atoms with Gasteiger partial charge in [0, 0.05) is 44.0 Å². The van der Waals surface area contributed by atoms with E-state index in [1.165, 1.54) is 16.4 Å². The molecular weight excluding hydrogens is 366 g/mol. The van der Waals surface area contributed by atoms with Gasteiger partial charge in [-0.25, -0.2) is 8.42 Å². The molecule has 1 aliphatic heterocycles. The highest BCUT2D eigenvalue weighted by molar-refractivity contribution is 7.89. The minimum atomic E-state index is -3.46. The Morgan fingerprint density at radius 2 is 1.78 bits per heavy atom. The molecule has 0 fully saturated rings. The molecule has 0 amide bonds. The lowest BCUT2D eigenvalue weighted by molar-refractivity contribution is -0.384. The summed E-state index contributed by atoms with van der Waals surface area (Å²) in [6.07, 6.45) is 0.782. The highest BCUT2D eigenvalue weighted by atomic mass is 32.2. The van der Waals surface area contributed by atoms with Gasteiger partial charge in [0.05, 0.1) is 9.82 Å². The van der Waals surface area contributed by atoms with E-state index in [4.69, 9.17) is 0 Å². The van der Waals surface area contributed by atoms with E-state index in [9.17, 15) is 18.5 Å². The zero-order chi connectivity index (χ0) is 19.6. The van der Waals surface area contributed by atoms with Crippen LogP contribution in [0.15, 0.2) is 47.4 Å². The molecule has 0 bridgehead atoms. The van der Waals surface area contributed by atoms with Gasteiger partial charge in [-0.15, -0.1) is 0 Å². The van der Waals surface area contributed by atoms with Crippen molar-refractivity contribution in [2.75, 3.05) is 24.5 Å². The molecule has 0 radical (unpaired) electrons. The molecule has 3 rings (SSSR count). The molecule has 2 aromatic rings. The molecule has 1 aliphatic rings. The lowest BCUT2D eigenvalue weighted by Gasteiger charge is -2.21. The average molecular weight is 389 g/mol. The molecule has 0 aliphatic carbocycles. The fraction of sp³-hybridized carbons (Fsp3) is 0.368. The molecule has 0 atom stereocenters. The van der Waals surface area contributed by atoms with Crippen LogP contribution in [0.5, 0.6) is 0 Å². The average Bonchev–Trinajstić information content (AvgIpc) is 3.05. The first-order valence-corrected chi connectivity index (χ1v) is 10.4. The highest BCUT2D eigenvalue weighted by Gasteiger charge is 2.26. The number of hydrogen-bond donors (Lipinski definition) is 0. The second-order valence-corrected chi connectivity index (χ2v) is 8.41. The van der Waals surface area contributed by atoms with Crippen LogP contribution in [0, 0.1) is 10.1 Å². The van der Waals surface area contributed by atoms with Crippen LogP contribution in [-0.2, 0) is 23.0 Å². The predicted molar refractivity (Wildman–Crippen MR) is 104 cm³/mol. The van der Waals surface area contributed by atoms with Gasteiger partial charge in [0.15, 0.2) is 0 Å². The molecule has 0 spiro atoms. The number of hydrogen-bond acceptors (Lipinski definition) is 5. The van der Waals surface area contributed by atoms with Gasteiger partial charge >= 0.3 is 0 Å². The molecule has 0 N–H and O–H groups in total. The quantitative estimate of drug-likeness (QED) is 0.536. The maximum absolute atomic E-state index is 12.7. The van der Waals surface area contributed by atoms with Crippen LogP contribution in [0.2, 0.25) is 0 Å². The number of nitro groups is 1. The Labute approximate surface area is 159 Å². The van der Waals surface area contributed by atoms with Gasteiger partial charge in [-0.05, 0) is 35.7 Å². The summed E-state index contributed by atoms with van der Waals surface area (Å²) >= 11 is 0. The number of nitro benzene ring substituents is 1. The lowest BCUT2D eigenvalue weighted by atomic mass is 10.1. The van der Waals surface area contributed by atoms with Crippen LogP contribution in [-0.4, -0.2) is 37.3 Å². The number of non-ortho nitro benzene ring substituents is 1. The fourth-order valence-corrected chi connectivity index (χ4v) is 4.94. The zero-order valence-electron chi connectivity index (χ0n) is 15.5. The summed E-state index contributed by atoms with van der Waals surface area (Å²) in [6.45, 7) is 5.99. The molecule has 0 aromatic heterocycles. The Morgan fingerprint density at radius 3 is 2.37 bits per heavy atom. The first-order valence-electron chi connectivity index (χ1n) is 8.98. The second kappa shape index (κ2) is 7.66. The molecule has 144 valence electrons. The minimum absolute atomic E-state index is 0.0758. The van der Waals surface area contributed by atoms with Gasteiger partial charge in [0.2, 0.25) is 10.0 Å². The van der Waals surface area contributed by atoms with Crippen molar-refractivity contribution in [2.45, 2.75) is 31.7 Å². The van der Waals surface area contributed by atoms with Crippen molar-refractivity contribution < 1.29 is 13.3 Å². The molecule has 27 heavy (non-hydrogen) atoms. The topological polar surface area (TPSA) is 83.8 Å². The van der Waals surface area contributed by atoms with E-state index in [2.05, 4.69) is 4.90 Å². The molecule has 8 heteroatoms. The molecule has 0 saturated carbocycles. The van der Waals surface area contributed by atoms with Crippen LogP contribution in [0.25, 0.3) is 0 Å². The number of fused-ring (bicyclic) bond motifs is 1. The first kappa shape index (κ1) is 19.3. The molecule has 1 heterocycles. The highest BCUT2D eigenvalue weighted by Crippen LogP contribution is 2.32. The van der Waals surface area contributed by atoms with E-state index in [-0.39, 0.29) is 5.69 Å². The third-order valence-corrected chi connectivity index (χ3v) is 6.95. The van der Waals surface area contributed by atoms with Crippen molar-refractivity contribution in [2.24, 2.45) is 0 Å². The van der Waals surface area contributed by atoms with Crippen molar-refractivity contribution in [1.82, 2.24) is 4.31 Å². The third kappa shape index (κ3) is 3.81. The predicted octanol–water partition coefficient (Wildman–Crippen LogP) is 3.19. The minimum Gasteiger partial charge on any atom is -0.367 e. The van der Waals surface area contributed by atoms with Crippen molar-refractivity contribution in [1.29, 1.82) is 0 Å². The van der Waals surface area contributed by atoms with E-state index in [1.807, 2.05) is 19.9 Å².